The predicted molar refractivity (Wildman–Crippen MR) is 134 cm³/mol. The molecule has 1 fully saturated rings. The van der Waals surface area contributed by atoms with E-state index in [-0.39, 0.29) is 37.8 Å². The number of aliphatic hydroxyl groups excluding tert-OH is 1. The van der Waals surface area contributed by atoms with Gasteiger partial charge in [-0.1, -0.05) is 30.3 Å². The fraction of sp³-hybridized carbons (Fsp3) is 0.480. The summed E-state index contributed by atoms with van der Waals surface area (Å²) in [5.41, 5.74) is -0.00130. The Morgan fingerprint density at radius 1 is 1.16 bits per heavy atom. The smallest absolute Gasteiger partial charge is 0.330 e. The zero-order valence-corrected chi connectivity index (χ0v) is 20.9. The Morgan fingerprint density at radius 3 is 2.45 bits per heavy atom. The van der Waals surface area contributed by atoms with E-state index in [0.29, 0.717) is 12.0 Å². The Morgan fingerprint density at radius 2 is 1.82 bits per heavy atom. The summed E-state index contributed by atoms with van der Waals surface area (Å²) in [6, 6.07) is 9.14. The fourth-order valence-electron chi connectivity index (χ4n) is 4.43. The van der Waals surface area contributed by atoms with Gasteiger partial charge >= 0.3 is 17.6 Å². The second-order valence-corrected chi connectivity index (χ2v) is 9.31. The molecule has 13 nitrogen and oxygen atoms in total. The Balaban J connectivity index is 1.61. The maximum atomic E-state index is 12.8. The number of amides is 1. The van der Waals surface area contributed by atoms with Gasteiger partial charge in [-0.25, -0.2) is 4.79 Å². The highest BCUT2D eigenvalue weighted by molar-refractivity contribution is 5.77. The first-order valence-corrected chi connectivity index (χ1v) is 12.2. The molecule has 3 rings (SSSR count). The molecule has 1 aromatic heterocycles. The molecule has 1 saturated heterocycles. The van der Waals surface area contributed by atoms with Crippen LogP contribution in [-0.4, -0.2) is 86.0 Å². The zero-order chi connectivity index (χ0) is 27.8. The molecule has 206 valence electrons. The van der Waals surface area contributed by atoms with Gasteiger partial charge in [0.15, 0.2) is 0 Å². The van der Waals surface area contributed by atoms with E-state index < -0.39 is 54.7 Å². The number of aromatic nitrogens is 2. The number of aryl methyl sites for hydroxylation is 1. The second-order valence-electron chi connectivity index (χ2n) is 9.31. The molecule has 13 heteroatoms. The quantitative estimate of drug-likeness (QED) is 0.228. The third kappa shape index (κ3) is 8.10. The molecule has 1 unspecified atom stereocenters. The number of nitrogens with zero attached hydrogens (tertiary/aromatic N) is 2. The van der Waals surface area contributed by atoms with Crippen LogP contribution >= 0.6 is 0 Å². The number of aliphatic carboxylic acids is 2. The highest BCUT2D eigenvalue weighted by atomic mass is 16.5. The van der Waals surface area contributed by atoms with Crippen LogP contribution in [0, 0.1) is 6.92 Å². The number of carbonyl (C=O) groups excluding carboxylic acids is 1. The molecular formula is C25H32N4O9. The maximum Gasteiger partial charge on any atom is 0.330 e. The van der Waals surface area contributed by atoms with Crippen LogP contribution in [0.5, 0.6) is 0 Å². The fourth-order valence-corrected chi connectivity index (χ4v) is 4.43. The Hall–Kier alpha value is -3.81. The number of ether oxygens (including phenoxy) is 1. The van der Waals surface area contributed by atoms with Crippen molar-refractivity contribution in [1.29, 1.82) is 0 Å². The number of carboxylic acids is 2. The van der Waals surface area contributed by atoms with Crippen LogP contribution in [0.25, 0.3) is 0 Å². The van der Waals surface area contributed by atoms with E-state index >= 15 is 0 Å². The third-order valence-corrected chi connectivity index (χ3v) is 6.37. The van der Waals surface area contributed by atoms with Crippen molar-refractivity contribution in [3.8, 4) is 0 Å². The molecule has 0 bridgehead atoms. The molecule has 0 aliphatic carbocycles. The van der Waals surface area contributed by atoms with Gasteiger partial charge in [-0.15, -0.1) is 0 Å². The molecule has 5 N–H and O–H groups in total. The molecule has 1 aliphatic heterocycles. The first-order valence-electron chi connectivity index (χ1n) is 12.2. The van der Waals surface area contributed by atoms with E-state index in [1.807, 2.05) is 30.3 Å². The summed E-state index contributed by atoms with van der Waals surface area (Å²) in [6.07, 6.45) is -0.685. The summed E-state index contributed by atoms with van der Waals surface area (Å²) in [5, 5.41) is 31.3. The van der Waals surface area contributed by atoms with Crippen LogP contribution in [-0.2, 0) is 19.1 Å². The van der Waals surface area contributed by atoms with E-state index in [0.717, 1.165) is 5.56 Å². The Bertz CT molecular complexity index is 1230. The van der Waals surface area contributed by atoms with Gasteiger partial charge in [0.05, 0.1) is 19.2 Å². The summed E-state index contributed by atoms with van der Waals surface area (Å²) >= 11 is 0. The standard InChI is InChI=1S/C25H32N4O9/c1-15-12-29(25(37)27-24(15)36)21-10-18(30)19(38-21)11-26-20(31)9-17(16-5-3-2-4-6-16)7-8-28(13-22(32)33)14-23(34)35/h2-6,12,17-19,21,30H,7-11,13-14H2,1H3,(H,26,31)(H,32,33)(H,34,35)(H,27,36,37)/t17?,18-,19+,21+/m0/s1. The lowest BCUT2D eigenvalue weighted by Crippen LogP contribution is -2.38. The number of carboxylic acid groups (broad SMARTS) is 2. The van der Waals surface area contributed by atoms with Gasteiger partial charge < -0.3 is 25.4 Å². The summed E-state index contributed by atoms with van der Waals surface area (Å²) in [6.45, 7) is 0.819. The Labute approximate surface area is 217 Å². The van der Waals surface area contributed by atoms with Crippen molar-refractivity contribution >= 4 is 17.8 Å². The van der Waals surface area contributed by atoms with Gasteiger partial charge in [-0.2, -0.15) is 0 Å². The third-order valence-electron chi connectivity index (χ3n) is 6.37. The summed E-state index contributed by atoms with van der Waals surface area (Å²) < 4.78 is 6.99. The van der Waals surface area contributed by atoms with Gasteiger partial charge in [0, 0.05) is 31.1 Å². The highest BCUT2D eigenvalue weighted by Gasteiger charge is 2.36. The number of hydrogen-bond acceptors (Lipinski definition) is 8. The lowest BCUT2D eigenvalue weighted by atomic mass is 9.92. The van der Waals surface area contributed by atoms with Crippen molar-refractivity contribution in [3.05, 3.63) is 68.5 Å². The molecular weight excluding hydrogens is 500 g/mol. The van der Waals surface area contributed by atoms with Gasteiger partial charge in [-0.3, -0.25) is 33.6 Å². The first-order chi connectivity index (χ1) is 18.0. The zero-order valence-electron chi connectivity index (χ0n) is 20.9. The SMILES string of the molecule is Cc1cn([C@H]2C[C@H](O)[C@@H](CNC(=O)CC(CCN(CC(=O)O)CC(=O)O)c3ccccc3)O2)c(=O)[nH]c1=O. The number of rotatable bonds is 13. The number of nitrogens with one attached hydrogen (secondary N) is 2. The average molecular weight is 533 g/mol. The number of H-pyrrole nitrogens is 1. The molecule has 2 heterocycles. The van der Waals surface area contributed by atoms with Crippen molar-refractivity contribution in [2.24, 2.45) is 0 Å². The number of carbonyl (C=O) groups is 3. The van der Waals surface area contributed by atoms with Gasteiger partial charge in [0.2, 0.25) is 5.91 Å². The lowest BCUT2D eigenvalue weighted by Gasteiger charge is -2.23. The van der Waals surface area contributed by atoms with E-state index in [4.69, 9.17) is 14.9 Å². The minimum Gasteiger partial charge on any atom is -0.480 e. The largest absolute Gasteiger partial charge is 0.480 e. The monoisotopic (exact) mass is 532 g/mol. The van der Waals surface area contributed by atoms with E-state index in [2.05, 4.69) is 10.3 Å². The van der Waals surface area contributed by atoms with Crippen molar-refractivity contribution < 1.29 is 34.4 Å². The van der Waals surface area contributed by atoms with Crippen LogP contribution in [0.4, 0.5) is 0 Å². The second kappa shape index (κ2) is 13.1. The van der Waals surface area contributed by atoms with Crippen LogP contribution in [0.1, 0.15) is 42.5 Å². The lowest BCUT2D eigenvalue weighted by molar-refractivity contribution is -0.142. The van der Waals surface area contributed by atoms with Crippen LogP contribution in [0.15, 0.2) is 46.1 Å². The van der Waals surface area contributed by atoms with Crippen molar-refractivity contribution in [2.45, 2.75) is 50.5 Å². The molecule has 1 aliphatic rings. The number of aliphatic hydroxyl groups is 1. The van der Waals surface area contributed by atoms with E-state index in [1.165, 1.54) is 15.7 Å². The number of hydrogen-bond donors (Lipinski definition) is 5. The molecule has 2 aromatic rings. The number of aromatic amines is 1. The summed E-state index contributed by atoms with van der Waals surface area (Å²) in [4.78, 5) is 62.3. The molecule has 0 radical (unpaired) electrons. The van der Waals surface area contributed by atoms with E-state index in [9.17, 15) is 29.1 Å². The first kappa shape index (κ1) is 28.8. The normalized spacial score (nSPS) is 19.8. The van der Waals surface area contributed by atoms with Gasteiger partial charge in [-0.05, 0) is 31.4 Å². The van der Waals surface area contributed by atoms with Crippen molar-refractivity contribution in [2.75, 3.05) is 26.2 Å². The van der Waals surface area contributed by atoms with Crippen molar-refractivity contribution in [1.82, 2.24) is 19.8 Å². The van der Waals surface area contributed by atoms with Gasteiger partial charge in [0.25, 0.3) is 5.56 Å². The van der Waals surface area contributed by atoms with Gasteiger partial charge in [0.1, 0.15) is 12.3 Å². The van der Waals surface area contributed by atoms with Crippen molar-refractivity contribution in [3.63, 3.8) is 0 Å². The highest BCUT2D eigenvalue weighted by Crippen LogP contribution is 2.28. The van der Waals surface area contributed by atoms with Crippen LogP contribution in [0.2, 0.25) is 0 Å². The molecule has 38 heavy (non-hydrogen) atoms. The predicted octanol–water partition coefficient (Wildman–Crippen LogP) is -0.355. The summed E-state index contributed by atoms with van der Waals surface area (Å²) in [5.74, 6) is -2.94. The van der Waals surface area contributed by atoms with Crippen LogP contribution < -0.4 is 16.6 Å². The minimum absolute atomic E-state index is 0.0146. The Kier molecular flexibility index (Phi) is 9.93. The maximum absolute atomic E-state index is 12.8. The summed E-state index contributed by atoms with van der Waals surface area (Å²) in [7, 11) is 0. The number of benzene rings is 1. The molecule has 1 aromatic carbocycles. The minimum atomic E-state index is -1.15. The van der Waals surface area contributed by atoms with E-state index in [1.54, 1.807) is 6.92 Å². The topological polar surface area (TPSA) is 191 Å². The molecule has 0 saturated carbocycles. The van der Waals surface area contributed by atoms with Crippen LogP contribution in [0.3, 0.4) is 0 Å². The molecule has 1 amide bonds. The molecule has 4 atom stereocenters. The molecule has 0 spiro atoms. The average Bonchev–Trinajstić information content (AvgIpc) is 3.22.